The normalized spacial score (nSPS) is 18.9. The summed E-state index contributed by atoms with van der Waals surface area (Å²) in [6, 6.07) is 4.11. The van der Waals surface area contributed by atoms with Crippen molar-refractivity contribution in [3.63, 3.8) is 0 Å². The molecule has 88 valence electrons. The van der Waals surface area contributed by atoms with Crippen LogP contribution in [-0.2, 0) is 0 Å². The molecule has 1 aromatic heterocycles. The van der Waals surface area contributed by atoms with Gasteiger partial charge < -0.3 is 0 Å². The molecule has 1 atom stereocenters. The average Bonchev–Trinajstić information content (AvgIpc) is 2.80. The number of hydrogen-bond acceptors (Lipinski definition) is 3. The second-order valence-electron chi connectivity index (χ2n) is 4.48. The molecular formula is C12H18BrN3. The molecule has 0 aromatic carbocycles. The Balaban J connectivity index is 2.06. The molecule has 1 aromatic rings. The minimum absolute atomic E-state index is 0.165. The summed E-state index contributed by atoms with van der Waals surface area (Å²) in [6.45, 7) is 0. The minimum atomic E-state index is 0.165. The van der Waals surface area contributed by atoms with Crippen LogP contribution in [0.1, 0.15) is 43.8 Å². The Hall–Kier alpha value is -0.450. The van der Waals surface area contributed by atoms with Crippen LogP contribution in [0.4, 0.5) is 0 Å². The molecule has 3 N–H and O–H groups in total. The van der Waals surface area contributed by atoms with Gasteiger partial charge in [0.05, 0.1) is 11.7 Å². The van der Waals surface area contributed by atoms with Gasteiger partial charge in [-0.25, -0.2) is 0 Å². The molecule has 3 nitrogen and oxygen atoms in total. The molecule has 0 spiro atoms. The van der Waals surface area contributed by atoms with Crippen LogP contribution in [0.25, 0.3) is 0 Å². The monoisotopic (exact) mass is 283 g/mol. The van der Waals surface area contributed by atoms with Crippen LogP contribution in [0, 0.1) is 5.92 Å². The van der Waals surface area contributed by atoms with Crippen LogP contribution in [0.2, 0.25) is 0 Å². The van der Waals surface area contributed by atoms with Crippen molar-refractivity contribution in [3.8, 4) is 0 Å². The maximum atomic E-state index is 5.64. The van der Waals surface area contributed by atoms with Gasteiger partial charge in [0, 0.05) is 10.7 Å². The van der Waals surface area contributed by atoms with E-state index in [-0.39, 0.29) is 6.04 Å². The highest BCUT2D eigenvalue weighted by Gasteiger charge is 2.22. The molecule has 0 amide bonds. The summed E-state index contributed by atoms with van der Waals surface area (Å²) < 4.78 is 1.04. The number of nitrogens with two attached hydrogens (primary N) is 1. The Bertz CT molecular complexity index is 337. The molecular weight excluding hydrogens is 266 g/mol. The highest BCUT2D eigenvalue weighted by Crippen LogP contribution is 2.33. The molecule has 1 aliphatic rings. The summed E-state index contributed by atoms with van der Waals surface area (Å²) in [5.41, 5.74) is 3.92. The largest absolute Gasteiger partial charge is 0.271 e. The molecule has 0 bridgehead atoms. The second kappa shape index (κ2) is 5.75. The third-order valence-corrected chi connectivity index (χ3v) is 4.03. The summed E-state index contributed by atoms with van der Waals surface area (Å²) in [6.07, 6.45) is 8.31. The van der Waals surface area contributed by atoms with Gasteiger partial charge in [0.2, 0.25) is 0 Å². The zero-order valence-corrected chi connectivity index (χ0v) is 10.9. The third kappa shape index (κ3) is 2.81. The number of nitrogens with zero attached hydrogens (tertiary/aromatic N) is 1. The molecule has 1 heterocycles. The Morgan fingerprint density at radius 2 is 2.25 bits per heavy atom. The van der Waals surface area contributed by atoms with Gasteiger partial charge in [-0.15, -0.1) is 0 Å². The van der Waals surface area contributed by atoms with Crippen molar-refractivity contribution < 1.29 is 0 Å². The Morgan fingerprint density at radius 3 is 2.88 bits per heavy atom. The second-order valence-corrected chi connectivity index (χ2v) is 5.33. The first-order valence-electron chi connectivity index (χ1n) is 5.88. The Labute approximate surface area is 105 Å². The first-order valence-corrected chi connectivity index (χ1v) is 6.67. The van der Waals surface area contributed by atoms with Gasteiger partial charge in [0.15, 0.2) is 0 Å². The predicted molar refractivity (Wildman–Crippen MR) is 68.6 cm³/mol. The molecule has 1 aliphatic carbocycles. The van der Waals surface area contributed by atoms with Gasteiger partial charge in [0.1, 0.15) is 0 Å². The number of hydrazine groups is 1. The molecule has 2 rings (SSSR count). The summed E-state index contributed by atoms with van der Waals surface area (Å²) in [5, 5.41) is 0. The van der Waals surface area contributed by atoms with Gasteiger partial charge in [-0.1, -0.05) is 25.7 Å². The summed E-state index contributed by atoms with van der Waals surface area (Å²) in [5.74, 6) is 6.44. The zero-order chi connectivity index (χ0) is 11.4. The van der Waals surface area contributed by atoms with Crippen LogP contribution >= 0.6 is 15.9 Å². The molecule has 4 heteroatoms. The van der Waals surface area contributed by atoms with Crippen molar-refractivity contribution in [2.75, 3.05) is 0 Å². The SMILES string of the molecule is NNC(CC1CCCC1)c1ncccc1Br. The van der Waals surface area contributed by atoms with E-state index in [2.05, 4.69) is 26.3 Å². The number of nitrogens with one attached hydrogen (secondary N) is 1. The van der Waals surface area contributed by atoms with Crippen molar-refractivity contribution in [3.05, 3.63) is 28.5 Å². The van der Waals surface area contributed by atoms with E-state index in [0.717, 1.165) is 22.5 Å². The fourth-order valence-corrected chi connectivity index (χ4v) is 3.02. The smallest absolute Gasteiger partial charge is 0.0728 e. The lowest BCUT2D eigenvalue weighted by Gasteiger charge is -2.20. The quantitative estimate of drug-likeness (QED) is 0.660. The van der Waals surface area contributed by atoms with Crippen LogP contribution in [-0.4, -0.2) is 4.98 Å². The fraction of sp³-hybridized carbons (Fsp3) is 0.583. The standard InChI is InChI=1S/C12H18BrN3/c13-10-6-3-7-15-12(10)11(16-14)8-9-4-1-2-5-9/h3,6-7,9,11,16H,1-2,4-5,8,14H2. The Kier molecular flexibility index (Phi) is 4.32. The van der Waals surface area contributed by atoms with Gasteiger partial charge in [-0.2, -0.15) is 0 Å². The lowest BCUT2D eigenvalue weighted by molar-refractivity contribution is 0.393. The van der Waals surface area contributed by atoms with Gasteiger partial charge in [-0.3, -0.25) is 16.3 Å². The van der Waals surface area contributed by atoms with Gasteiger partial charge >= 0.3 is 0 Å². The summed E-state index contributed by atoms with van der Waals surface area (Å²) in [7, 11) is 0. The van der Waals surface area contributed by atoms with E-state index >= 15 is 0 Å². The van der Waals surface area contributed by atoms with Crippen molar-refractivity contribution in [2.24, 2.45) is 11.8 Å². The highest BCUT2D eigenvalue weighted by molar-refractivity contribution is 9.10. The predicted octanol–water partition coefficient (Wildman–Crippen LogP) is 2.93. The van der Waals surface area contributed by atoms with Crippen molar-refractivity contribution in [1.82, 2.24) is 10.4 Å². The molecule has 0 radical (unpaired) electrons. The van der Waals surface area contributed by atoms with Crippen LogP contribution in [0.15, 0.2) is 22.8 Å². The summed E-state index contributed by atoms with van der Waals surface area (Å²) in [4.78, 5) is 4.40. The number of pyridine rings is 1. The lowest BCUT2D eigenvalue weighted by Crippen LogP contribution is -2.30. The van der Waals surface area contributed by atoms with Gasteiger partial charge in [0.25, 0.3) is 0 Å². The molecule has 0 aliphatic heterocycles. The first-order chi connectivity index (χ1) is 7.81. The van der Waals surface area contributed by atoms with Crippen molar-refractivity contribution >= 4 is 15.9 Å². The number of aromatic nitrogens is 1. The number of hydrogen-bond donors (Lipinski definition) is 2. The lowest BCUT2D eigenvalue weighted by atomic mass is 9.96. The van der Waals surface area contributed by atoms with Crippen molar-refractivity contribution in [1.29, 1.82) is 0 Å². The Morgan fingerprint density at radius 1 is 1.50 bits per heavy atom. The van der Waals surface area contributed by atoms with E-state index in [4.69, 9.17) is 5.84 Å². The average molecular weight is 284 g/mol. The molecule has 16 heavy (non-hydrogen) atoms. The minimum Gasteiger partial charge on any atom is -0.271 e. The van der Waals surface area contributed by atoms with E-state index in [1.54, 1.807) is 0 Å². The fourth-order valence-electron chi connectivity index (χ4n) is 2.49. The third-order valence-electron chi connectivity index (χ3n) is 3.36. The van der Waals surface area contributed by atoms with Crippen LogP contribution in [0.3, 0.4) is 0 Å². The zero-order valence-electron chi connectivity index (χ0n) is 9.32. The van der Waals surface area contributed by atoms with E-state index in [0.29, 0.717) is 0 Å². The number of rotatable bonds is 4. The molecule has 1 saturated carbocycles. The van der Waals surface area contributed by atoms with Gasteiger partial charge in [-0.05, 0) is 40.4 Å². The maximum Gasteiger partial charge on any atom is 0.0728 e. The highest BCUT2D eigenvalue weighted by atomic mass is 79.9. The number of halogens is 1. The first kappa shape index (κ1) is 12.0. The van der Waals surface area contributed by atoms with E-state index in [9.17, 15) is 0 Å². The topological polar surface area (TPSA) is 50.9 Å². The molecule has 1 fully saturated rings. The van der Waals surface area contributed by atoms with E-state index in [1.807, 2.05) is 18.3 Å². The maximum absolute atomic E-state index is 5.64. The molecule has 1 unspecified atom stereocenters. The van der Waals surface area contributed by atoms with E-state index < -0.39 is 0 Å². The molecule has 0 saturated heterocycles. The van der Waals surface area contributed by atoms with E-state index in [1.165, 1.54) is 25.7 Å². The summed E-state index contributed by atoms with van der Waals surface area (Å²) >= 11 is 3.53. The van der Waals surface area contributed by atoms with Crippen LogP contribution in [0.5, 0.6) is 0 Å². The van der Waals surface area contributed by atoms with Crippen LogP contribution < -0.4 is 11.3 Å². The van der Waals surface area contributed by atoms with Crippen molar-refractivity contribution in [2.45, 2.75) is 38.1 Å².